The van der Waals surface area contributed by atoms with E-state index in [1.807, 2.05) is 60.4 Å². The van der Waals surface area contributed by atoms with E-state index in [-0.39, 0.29) is 11.8 Å². The molecule has 0 radical (unpaired) electrons. The molecule has 0 saturated heterocycles. The summed E-state index contributed by atoms with van der Waals surface area (Å²) in [5.74, 6) is -0.0985. The van der Waals surface area contributed by atoms with Crippen LogP contribution >= 0.6 is 0 Å². The van der Waals surface area contributed by atoms with Crippen molar-refractivity contribution in [2.45, 2.75) is 13.3 Å². The van der Waals surface area contributed by atoms with E-state index in [2.05, 4.69) is 6.07 Å². The number of benzene rings is 3. The van der Waals surface area contributed by atoms with Crippen molar-refractivity contribution < 1.29 is 9.59 Å². The van der Waals surface area contributed by atoms with E-state index < -0.39 is 0 Å². The zero-order valence-electron chi connectivity index (χ0n) is 15.8. The lowest BCUT2D eigenvalue weighted by Gasteiger charge is -2.21. The van der Waals surface area contributed by atoms with Crippen molar-refractivity contribution in [2.24, 2.45) is 0 Å². The van der Waals surface area contributed by atoms with Crippen LogP contribution in [0.4, 0.5) is 11.4 Å². The quantitative estimate of drug-likeness (QED) is 0.676. The molecule has 3 aromatic rings. The Morgan fingerprint density at radius 2 is 1.50 bits per heavy atom. The molecule has 0 aliphatic carbocycles. The summed E-state index contributed by atoms with van der Waals surface area (Å²) < 4.78 is 0. The smallest absolute Gasteiger partial charge is 0.258 e. The lowest BCUT2D eigenvalue weighted by molar-refractivity contribution is 0.0977. The summed E-state index contributed by atoms with van der Waals surface area (Å²) in [6, 6.07) is 24.6. The molecule has 0 bridgehead atoms. The van der Waals surface area contributed by atoms with Gasteiger partial charge in [0.05, 0.1) is 0 Å². The molecule has 0 N–H and O–H groups in total. The van der Waals surface area contributed by atoms with Gasteiger partial charge in [-0.1, -0.05) is 36.4 Å². The van der Waals surface area contributed by atoms with Crippen LogP contribution in [0.2, 0.25) is 0 Å². The van der Waals surface area contributed by atoms with Gasteiger partial charge in [0, 0.05) is 35.6 Å². The summed E-state index contributed by atoms with van der Waals surface area (Å²) in [6.07, 6.45) is 0.876. The zero-order valence-corrected chi connectivity index (χ0v) is 15.8. The molecule has 2 amide bonds. The summed E-state index contributed by atoms with van der Waals surface area (Å²) in [5.41, 5.74) is 4.21. The van der Waals surface area contributed by atoms with Crippen LogP contribution in [-0.2, 0) is 6.42 Å². The van der Waals surface area contributed by atoms with Crippen LogP contribution in [0.15, 0.2) is 78.9 Å². The molecule has 0 fully saturated rings. The summed E-state index contributed by atoms with van der Waals surface area (Å²) in [7, 11) is 0. The van der Waals surface area contributed by atoms with Crippen molar-refractivity contribution in [2.75, 3.05) is 22.9 Å². The number of nitrogens with zero attached hydrogens (tertiary/aromatic N) is 2. The molecule has 1 aliphatic rings. The Morgan fingerprint density at radius 3 is 2.21 bits per heavy atom. The Kier molecular flexibility index (Phi) is 4.94. The predicted molar refractivity (Wildman–Crippen MR) is 112 cm³/mol. The van der Waals surface area contributed by atoms with Crippen LogP contribution in [0.1, 0.15) is 33.2 Å². The van der Waals surface area contributed by atoms with E-state index >= 15 is 0 Å². The molecule has 0 spiro atoms. The maximum absolute atomic E-state index is 12.9. The molecule has 0 atom stereocenters. The minimum Gasteiger partial charge on any atom is -0.309 e. The van der Waals surface area contributed by atoms with E-state index in [1.54, 1.807) is 29.2 Å². The Balaban J connectivity index is 1.54. The van der Waals surface area contributed by atoms with E-state index in [0.717, 1.165) is 17.8 Å². The number of carbonyl (C=O) groups is 2. The molecule has 4 heteroatoms. The Labute approximate surface area is 165 Å². The first-order chi connectivity index (χ1) is 13.7. The number of carbonyl (C=O) groups excluding carboxylic acids is 2. The highest BCUT2D eigenvalue weighted by Gasteiger charge is 2.25. The molecule has 4 nitrogen and oxygen atoms in total. The van der Waals surface area contributed by atoms with Gasteiger partial charge in [0.15, 0.2) is 0 Å². The minimum absolute atomic E-state index is 0.0284. The molecule has 0 unspecified atom stereocenters. The number of fused-ring (bicyclic) bond motifs is 1. The van der Waals surface area contributed by atoms with Gasteiger partial charge in [0.1, 0.15) is 0 Å². The van der Waals surface area contributed by atoms with E-state index in [1.165, 1.54) is 5.56 Å². The van der Waals surface area contributed by atoms with Gasteiger partial charge in [-0.05, 0) is 61.4 Å². The second-order valence-electron chi connectivity index (χ2n) is 6.80. The van der Waals surface area contributed by atoms with E-state index in [0.29, 0.717) is 24.2 Å². The largest absolute Gasteiger partial charge is 0.309 e. The van der Waals surface area contributed by atoms with Crippen molar-refractivity contribution in [3.63, 3.8) is 0 Å². The fourth-order valence-corrected chi connectivity index (χ4v) is 3.67. The second-order valence-corrected chi connectivity index (χ2v) is 6.80. The van der Waals surface area contributed by atoms with Crippen molar-refractivity contribution in [1.29, 1.82) is 0 Å². The maximum Gasteiger partial charge on any atom is 0.258 e. The lowest BCUT2D eigenvalue weighted by atomic mass is 10.1. The molecule has 1 heterocycles. The second kappa shape index (κ2) is 7.69. The maximum atomic E-state index is 12.9. The standard InChI is InChI=1S/C24H22N2O2/c1-2-25(21-9-4-3-5-10-21)23(27)19-12-14-20(15-13-19)24(28)26-17-16-18-8-6-7-11-22(18)26/h3-15H,2,16-17H2,1H3. The predicted octanol–water partition coefficient (Wildman–Crippen LogP) is 4.56. The lowest BCUT2D eigenvalue weighted by Crippen LogP contribution is -2.31. The van der Waals surface area contributed by atoms with Crippen LogP contribution in [0.5, 0.6) is 0 Å². The van der Waals surface area contributed by atoms with E-state index in [9.17, 15) is 9.59 Å². The molecule has 0 saturated carbocycles. The van der Waals surface area contributed by atoms with Crippen molar-refractivity contribution in [3.8, 4) is 0 Å². The Bertz CT molecular complexity index is 964. The fraction of sp³-hybridized carbons (Fsp3) is 0.167. The number of anilines is 2. The van der Waals surface area contributed by atoms with Gasteiger partial charge in [-0.15, -0.1) is 0 Å². The molecule has 1 aliphatic heterocycles. The Morgan fingerprint density at radius 1 is 0.857 bits per heavy atom. The monoisotopic (exact) mass is 370 g/mol. The highest BCUT2D eigenvalue weighted by atomic mass is 16.2. The first-order valence-corrected chi connectivity index (χ1v) is 9.56. The summed E-state index contributed by atoms with van der Waals surface area (Å²) in [6.45, 7) is 3.22. The van der Waals surface area contributed by atoms with Gasteiger partial charge in [0.2, 0.25) is 0 Å². The van der Waals surface area contributed by atoms with Gasteiger partial charge in [0.25, 0.3) is 11.8 Å². The number of para-hydroxylation sites is 2. The van der Waals surface area contributed by atoms with Gasteiger partial charge in [-0.25, -0.2) is 0 Å². The molecular formula is C24H22N2O2. The van der Waals surface area contributed by atoms with E-state index in [4.69, 9.17) is 0 Å². The summed E-state index contributed by atoms with van der Waals surface area (Å²) >= 11 is 0. The number of amides is 2. The topological polar surface area (TPSA) is 40.6 Å². The van der Waals surface area contributed by atoms with Gasteiger partial charge in [-0.3, -0.25) is 9.59 Å². The summed E-state index contributed by atoms with van der Waals surface area (Å²) in [4.78, 5) is 29.4. The molecule has 140 valence electrons. The van der Waals surface area contributed by atoms with Crippen LogP contribution in [0, 0.1) is 0 Å². The summed E-state index contributed by atoms with van der Waals surface area (Å²) in [5, 5.41) is 0. The third-order valence-electron chi connectivity index (χ3n) is 5.14. The van der Waals surface area contributed by atoms with Crippen LogP contribution in [-0.4, -0.2) is 24.9 Å². The average Bonchev–Trinajstić information content (AvgIpc) is 3.19. The average molecular weight is 370 g/mol. The van der Waals surface area contributed by atoms with Crippen LogP contribution < -0.4 is 9.80 Å². The SMILES string of the molecule is CCN(C(=O)c1ccc(C(=O)N2CCc3ccccc32)cc1)c1ccccc1. The van der Waals surface area contributed by atoms with Gasteiger partial charge < -0.3 is 9.80 Å². The Hall–Kier alpha value is -3.40. The van der Waals surface area contributed by atoms with Crippen LogP contribution in [0.3, 0.4) is 0 Å². The first kappa shape index (κ1) is 18.0. The molecule has 4 rings (SSSR count). The molecular weight excluding hydrogens is 348 g/mol. The number of rotatable bonds is 4. The van der Waals surface area contributed by atoms with Gasteiger partial charge >= 0.3 is 0 Å². The first-order valence-electron chi connectivity index (χ1n) is 9.56. The van der Waals surface area contributed by atoms with Crippen LogP contribution in [0.25, 0.3) is 0 Å². The van der Waals surface area contributed by atoms with Crippen molar-refractivity contribution in [1.82, 2.24) is 0 Å². The molecule has 0 aromatic heterocycles. The molecule has 3 aromatic carbocycles. The zero-order chi connectivity index (χ0) is 19.5. The molecule has 28 heavy (non-hydrogen) atoms. The normalized spacial score (nSPS) is 12.5. The number of hydrogen-bond donors (Lipinski definition) is 0. The number of hydrogen-bond acceptors (Lipinski definition) is 2. The third-order valence-corrected chi connectivity index (χ3v) is 5.14. The fourth-order valence-electron chi connectivity index (χ4n) is 3.67. The van der Waals surface area contributed by atoms with Crippen molar-refractivity contribution in [3.05, 3.63) is 95.6 Å². The third kappa shape index (κ3) is 3.29. The minimum atomic E-state index is -0.0702. The van der Waals surface area contributed by atoms with Crippen molar-refractivity contribution >= 4 is 23.2 Å². The van der Waals surface area contributed by atoms with Gasteiger partial charge in [-0.2, -0.15) is 0 Å². The highest BCUT2D eigenvalue weighted by molar-refractivity contribution is 6.09. The highest BCUT2D eigenvalue weighted by Crippen LogP contribution is 2.29.